The van der Waals surface area contributed by atoms with E-state index in [4.69, 9.17) is 4.74 Å². The van der Waals surface area contributed by atoms with Crippen LogP contribution in [0.5, 0.6) is 0 Å². The summed E-state index contributed by atoms with van der Waals surface area (Å²) in [5.74, 6) is -0.876. The number of para-hydroxylation sites is 1. The lowest BCUT2D eigenvalue weighted by Crippen LogP contribution is -2.37. The van der Waals surface area contributed by atoms with Crippen LogP contribution in [0.4, 0.5) is 10.5 Å². The highest BCUT2D eigenvalue weighted by atomic mass is 16.6. The molecule has 127 valence electrons. The SMILES string of the molecule is CCOC(=O)N(C[C]=O)C(=O)/C=C/c1ccccc1NC(=O)CC. The van der Waals surface area contributed by atoms with Crippen LogP contribution in [0.3, 0.4) is 0 Å². The monoisotopic (exact) mass is 331 g/mol. The van der Waals surface area contributed by atoms with Crippen molar-refractivity contribution in [2.75, 3.05) is 18.5 Å². The second kappa shape index (κ2) is 9.94. The zero-order valence-electron chi connectivity index (χ0n) is 13.6. The molecule has 0 aliphatic heterocycles. The summed E-state index contributed by atoms with van der Waals surface area (Å²) >= 11 is 0. The summed E-state index contributed by atoms with van der Waals surface area (Å²) < 4.78 is 4.72. The molecule has 24 heavy (non-hydrogen) atoms. The molecule has 0 heterocycles. The minimum Gasteiger partial charge on any atom is -0.449 e. The third-order valence-corrected chi connectivity index (χ3v) is 2.94. The number of nitrogens with one attached hydrogen (secondary N) is 1. The number of anilines is 1. The van der Waals surface area contributed by atoms with E-state index >= 15 is 0 Å². The number of ether oxygens (including phenoxy) is 1. The fourth-order valence-electron chi connectivity index (χ4n) is 1.74. The molecule has 1 aromatic rings. The Balaban J connectivity index is 2.94. The number of nitrogens with zero attached hydrogens (tertiary/aromatic N) is 1. The molecule has 0 aromatic heterocycles. The number of rotatable bonds is 7. The van der Waals surface area contributed by atoms with Gasteiger partial charge in [0.15, 0.2) is 0 Å². The van der Waals surface area contributed by atoms with Crippen LogP contribution >= 0.6 is 0 Å². The van der Waals surface area contributed by atoms with Gasteiger partial charge in [0.1, 0.15) is 0 Å². The van der Waals surface area contributed by atoms with Crippen LogP contribution in [0.2, 0.25) is 0 Å². The van der Waals surface area contributed by atoms with E-state index in [-0.39, 0.29) is 12.5 Å². The summed E-state index contributed by atoms with van der Waals surface area (Å²) in [7, 11) is 0. The first-order valence-electron chi connectivity index (χ1n) is 7.43. The highest BCUT2D eigenvalue weighted by Crippen LogP contribution is 2.17. The summed E-state index contributed by atoms with van der Waals surface area (Å²) in [4.78, 5) is 46.4. The van der Waals surface area contributed by atoms with Gasteiger partial charge in [0.25, 0.3) is 5.91 Å². The van der Waals surface area contributed by atoms with Crippen LogP contribution in [0.15, 0.2) is 30.3 Å². The molecular weight excluding hydrogens is 312 g/mol. The second-order valence-corrected chi connectivity index (χ2v) is 4.59. The van der Waals surface area contributed by atoms with Gasteiger partial charge < -0.3 is 10.1 Å². The predicted molar refractivity (Wildman–Crippen MR) is 88.8 cm³/mol. The van der Waals surface area contributed by atoms with Gasteiger partial charge in [0.2, 0.25) is 12.2 Å². The van der Waals surface area contributed by atoms with Gasteiger partial charge in [-0.15, -0.1) is 0 Å². The maximum atomic E-state index is 12.1. The highest BCUT2D eigenvalue weighted by Gasteiger charge is 2.20. The second-order valence-electron chi connectivity index (χ2n) is 4.59. The number of carbonyl (C=O) groups excluding carboxylic acids is 4. The lowest BCUT2D eigenvalue weighted by molar-refractivity contribution is -0.123. The smallest absolute Gasteiger partial charge is 0.417 e. The first-order valence-corrected chi connectivity index (χ1v) is 7.43. The Morgan fingerprint density at radius 1 is 1.25 bits per heavy atom. The minimum atomic E-state index is -0.914. The Labute approximate surface area is 140 Å². The molecule has 0 saturated carbocycles. The van der Waals surface area contributed by atoms with E-state index in [1.54, 1.807) is 38.1 Å². The Hall–Kier alpha value is -2.96. The van der Waals surface area contributed by atoms with Crippen LogP contribution in [0, 0.1) is 0 Å². The molecule has 0 atom stereocenters. The molecule has 0 unspecified atom stereocenters. The lowest BCUT2D eigenvalue weighted by atomic mass is 10.1. The molecule has 0 spiro atoms. The van der Waals surface area contributed by atoms with Gasteiger partial charge >= 0.3 is 6.09 Å². The lowest BCUT2D eigenvalue weighted by Gasteiger charge is -2.15. The fraction of sp³-hybridized carbons (Fsp3) is 0.294. The van der Waals surface area contributed by atoms with Gasteiger partial charge in [-0.25, -0.2) is 9.69 Å². The third-order valence-electron chi connectivity index (χ3n) is 2.94. The predicted octanol–water partition coefficient (Wildman–Crippen LogP) is 2.14. The minimum absolute atomic E-state index is 0.0804. The van der Waals surface area contributed by atoms with Gasteiger partial charge in [0.05, 0.1) is 13.2 Å². The Bertz CT molecular complexity index is 640. The average Bonchev–Trinajstić information content (AvgIpc) is 2.58. The Morgan fingerprint density at radius 2 is 1.96 bits per heavy atom. The van der Waals surface area contributed by atoms with Crippen molar-refractivity contribution in [3.63, 3.8) is 0 Å². The van der Waals surface area contributed by atoms with E-state index < -0.39 is 18.5 Å². The van der Waals surface area contributed by atoms with Crippen molar-refractivity contribution < 1.29 is 23.9 Å². The zero-order chi connectivity index (χ0) is 17.9. The molecule has 1 radical (unpaired) electrons. The van der Waals surface area contributed by atoms with Gasteiger partial charge in [-0.3, -0.25) is 14.4 Å². The summed E-state index contributed by atoms with van der Waals surface area (Å²) in [5, 5.41) is 2.71. The molecule has 0 aliphatic rings. The Morgan fingerprint density at radius 3 is 2.58 bits per heavy atom. The number of benzene rings is 1. The van der Waals surface area contributed by atoms with E-state index in [9.17, 15) is 19.2 Å². The van der Waals surface area contributed by atoms with Crippen molar-refractivity contribution in [3.8, 4) is 0 Å². The number of amides is 3. The van der Waals surface area contributed by atoms with E-state index in [0.717, 1.165) is 6.08 Å². The molecule has 0 bridgehead atoms. The molecule has 7 nitrogen and oxygen atoms in total. The van der Waals surface area contributed by atoms with E-state index in [1.807, 2.05) is 0 Å². The van der Waals surface area contributed by atoms with Crippen molar-refractivity contribution >= 4 is 36.0 Å². The molecule has 0 fully saturated rings. The normalized spacial score (nSPS) is 10.2. The molecule has 7 heteroatoms. The summed E-state index contributed by atoms with van der Waals surface area (Å²) in [6.07, 6.45) is 3.48. The largest absolute Gasteiger partial charge is 0.449 e. The Kier molecular flexibility index (Phi) is 7.90. The van der Waals surface area contributed by atoms with Crippen LogP contribution in [0.25, 0.3) is 6.08 Å². The van der Waals surface area contributed by atoms with Crippen LogP contribution in [-0.4, -0.2) is 42.2 Å². The summed E-state index contributed by atoms with van der Waals surface area (Å²) in [6.45, 7) is 2.88. The first-order chi connectivity index (χ1) is 11.5. The van der Waals surface area contributed by atoms with Gasteiger partial charge in [-0.05, 0) is 24.6 Å². The van der Waals surface area contributed by atoms with E-state index in [0.29, 0.717) is 22.6 Å². The van der Waals surface area contributed by atoms with Gasteiger partial charge in [0, 0.05) is 18.2 Å². The fourth-order valence-corrected chi connectivity index (χ4v) is 1.74. The topological polar surface area (TPSA) is 92.8 Å². The molecule has 0 aliphatic carbocycles. The molecule has 1 rings (SSSR count). The summed E-state index contributed by atoms with van der Waals surface area (Å²) in [6, 6.07) is 6.89. The summed E-state index contributed by atoms with van der Waals surface area (Å²) in [5.41, 5.74) is 1.13. The van der Waals surface area contributed by atoms with Gasteiger partial charge in [-0.2, -0.15) is 0 Å². The van der Waals surface area contributed by atoms with Crippen molar-refractivity contribution in [1.29, 1.82) is 0 Å². The quantitative estimate of drug-likeness (QED) is 0.773. The maximum absolute atomic E-state index is 12.1. The standard InChI is InChI=1S/C17H19N2O5/c1-3-15(21)18-14-8-6-5-7-13(14)9-10-16(22)19(11-12-20)17(23)24-4-2/h5-10H,3-4,11H2,1-2H3,(H,18,21)/b10-9+. The van der Waals surface area contributed by atoms with Crippen LogP contribution in [0.1, 0.15) is 25.8 Å². The van der Waals surface area contributed by atoms with Crippen molar-refractivity contribution in [3.05, 3.63) is 35.9 Å². The molecule has 1 aromatic carbocycles. The number of imide groups is 1. The van der Waals surface area contributed by atoms with E-state index in [2.05, 4.69) is 5.32 Å². The number of carbonyl (C=O) groups is 3. The van der Waals surface area contributed by atoms with Crippen LogP contribution in [-0.2, 0) is 19.1 Å². The highest BCUT2D eigenvalue weighted by molar-refractivity contribution is 6.03. The molecule has 1 N–H and O–H groups in total. The molecular formula is C17H19N2O5. The van der Waals surface area contributed by atoms with Crippen molar-refractivity contribution in [2.24, 2.45) is 0 Å². The van der Waals surface area contributed by atoms with Crippen molar-refractivity contribution in [1.82, 2.24) is 4.90 Å². The van der Waals surface area contributed by atoms with Gasteiger partial charge in [-0.1, -0.05) is 25.1 Å². The molecule has 0 saturated heterocycles. The van der Waals surface area contributed by atoms with Crippen molar-refractivity contribution in [2.45, 2.75) is 20.3 Å². The zero-order valence-corrected chi connectivity index (χ0v) is 13.6. The maximum Gasteiger partial charge on any atom is 0.417 e. The first kappa shape index (κ1) is 19.1. The van der Waals surface area contributed by atoms with Crippen LogP contribution < -0.4 is 5.32 Å². The number of hydrogen-bond acceptors (Lipinski definition) is 5. The number of hydrogen-bond donors (Lipinski definition) is 1. The van der Waals surface area contributed by atoms with E-state index in [1.165, 1.54) is 12.4 Å². The average molecular weight is 331 g/mol. The third kappa shape index (κ3) is 5.68. The molecule has 3 amide bonds.